The average Bonchev–Trinajstić information content (AvgIpc) is 2.41. The quantitative estimate of drug-likeness (QED) is 0.707. The first-order valence-corrected chi connectivity index (χ1v) is 7.74. The van der Waals surface area contributed by atoms with Crippen molar-refractivity contribution in [1.29, 1.82) is 0 Å². The predicted molar refractivity (Wildman–Crippen MR) is 93.0 cm³/mol. The van der Waals surface area contributed by atoms with E-state index in [1.54, 1.807) is 46.9 Å². The molecule has 6 heteroatoms. The third kappa shape index (κ3) is 6.05. The Morgan fingerprint density at radius 1 is 1.04 bits per heavy atom. The molecule has 0 saturated heterocycles. The van der Waals surface area contributed by atoms with E-state index >= 15 is 0 Å². The molecule has 1 aromatic carbocycles. The second-order valence-corrected chi connectivity index (χ2v) is 7.43. The van der Waals surface area contributed by atoms with Gasteiger partial charge in [0.2, 0.25) is 0 Å². The van der Waals surface area contributed by atoms with Crippen LogP contribution in [0.15, 0.2) is 18.2 Å². The van der Waals surface area contributed by atoms with E-state index in [0.717, 1.165) is 5.46 Å². The molecular weight excluding hydrogens is 295 g/mol. The summed E-state index contributed by atoms with van der Waals surface area (Å²) >= 11 is 0. The SMILES string of the molecule is COc1ccc(OCC(C)(C)O)cc1BOC(C)(C)C(C)(C)O. The smallest absolute Gasteiger partial charge is 0.313 e. The first-order valence-electron chi connectivity index (χ1n) is 7.74. The Morgan fingerprint density at radius 2 is 1.65 bits per heavy atom. The number of rotatable bonds is 8. The largest absolute Gasteiger partial charge is 0.497 e. The lowest BCUT2D eigenvalue weighted by atomic mass is 9.82. The van der Waals surface area contributed by atoms with E-state index < -0.39 is 16.8 Å². The number of aliphatic hydroxyl groups is 2. The molecule has 0 spiro atoms. The molecule has 130 valence electrons. The maximum atomic E-state index is 10.2. The van der Waals surface area contributed by atoms with Crippen molar-refractivity contribution in [2.75, 3.05) is 13.7 Å². The summed E-state index contributed by atoms with van der Waals surface area (Å²) in [7, 11) is 1.87. The standard InChI is InChI=1S/C17H29BO5/c1-15(2,19)11-22-12-8-9-14(21-7)13(10-12)18-23-17(5,6)16(3,4)20/h8-10,18-20H,11H2,1-7H3. The Kier molecular flexibility index (Phi) is 6.13. The molecule has 0 saturated carbocycles. The molecule has 23 heavy (non-hydrogen) atoms. The fraction of sp³-hybridized carbons (Fsp3) is 0.647. The van der Waals surface area contributed by atoms with Crippen LogP contribution in [0.4, 0.5) is 0 Å². The lowest BCUT2D eigenvalue weighted by Crippen LogP contribution is -2.49. The van der Waals surface area contributed by atoms with Gasteiger partial charge in [-0.25, -0.2) is 0 Å². The van der Waals surface area contributed by atoms with Crippen molar-refractivity contribution < 1.29 is 24.3 Å². The maximum Gasteiger partial charge on any atom is 0.313 e. The van der Waals surface area contributed by atoms with Gasteiger partial charge in [-0.2, -0.15) is 0 Å². The van der Waals surface area contributed by atoms with Crippen LogP contribution in [0.2, 0.25) is 0 Å². The molecule has 0 unspecified atom stereocenters. The van der Waals surface area contributed by atoms with E-state index in [1.165, 1.54) is 0 Å². The van der Waals surface area contributed by atoms with Crippen molar-refractivity contribution >= 4 is 12.9 Å². The Hall–Kier alpha value is -1.24. The van der Waals surface area contributed by atoms with Crippen molar-refractivity contribution in [3.05, 3.63) is 18.2 Å². The lowest BCUT2D eigenvalue weighted by molar-refractivity contribution is -0.0893. The zero-order valence-corrected chi connectivity index (χ0v) is 15.3. The minimum atomic E-state index is -0.977. The fourth-order valence-electron chi connectivity index (χ4n) is 1.65. The Labute approximate surface area is 139 Å². The molecule has 0 aliphatic carbocycles. The highest BCUT2D eigenvalue weighted by Gasteiger charge is 2.35. The van der Waals surface area contributed by atoms with Crippen molar-refractivity contribution in [3.63, 3.8) is 0 Å². The zero-order valence-electron chi connectivity index (χ0n) is 15.3. The summed E-state index contributed by atoms with van der Waals surface area (Å²) in [6.07, 6.45) is 0. The minimum Gasteiger partial charge on any atom is -0.497 e. The van der Waals surface area contributed by atoms with Gasteiger partial charge in [-0.05, 0) is 65.2 Å². The Bertz CT molecular complexity index is 515. The molecule has 0 heterocycles. The third-order valence-electron chi connectivity index (χ3n) is 3.91. The fourth-order valence-corrected chi connectivity index (χ4v) is 1.65. The molecular formula is C17H29BO5. The average molecular weight is 324 g/mol. The van der Waals surface area contributed by atoms with Gasteiger partial charge in [0.05, 0.1) is 23.9 Å². The van der Waals surface area contributed by atoms with Crippen LogP contribution in [0.5, 0.6) is 11.5 Å². The highest BCUT2D eigenvalue weighted by molar-refractivity contribution is 6.48. The molecule has 0 aliphatic rings. The zero-order chi connectivity index (χ0) is 17.9. The van der Waals surface area contributed by atoms with Crippen molar-refractivity contribution in [1.82, 2.24) is 0 Å². The topological polar surface area (TPSA) is 68.2 Å². The van der Waals surface area contributed by atoms with Crippen LogP contribution in [-0.4, -0.2) is 48.2 Å². The van der Waals surface area contributed by atoms with Crippen LogP contribution >= 0.6 is 0 Å². The summed E-state index contributed by atoms with van der Waals surface area (Å²) in [5.41, 5.74) is -1.78. The molecule has 0 bridgehead atoms. The normalized spacial score (nSPS) is 12.9. The Balaban J connectivity index is 2.88. The molecule has 0 amide bonds. The first kappa shape index (κ1) is 19.8. The number of methoxy groups -OCH3 is 1. The van der Waals surface area contributed by atoms with Crippen LogP contribution in [0.1, 0.15) is 41.5 Å². The van der Waals surface area contributed by atoms with E-state index in [1.807, 2.05) is 19.9 Å². The van der Waals surface area contributed by atoms with Crippen molar-refractivity contribution in [2.45, 2.75) is 58.3 Å². The molecule has 0 fully saturated rings. The van der Waals surface area contributed by atoms with Gasteiger partial charge in [0, 0.05) is 0 Å². The first-order chi connectivity index (χ1) is 10.4. The van der Waals surface area contributed by atoms with Crippen LogP contribution in [0.25, 0.3) is 0 Å². The maximum absolute atomic E-state index is 10.2. The highest BCUT2D eigenvalue weighted by Crippen LogP contribution is 2.25. The molecule has 0 radical (unpaired) electrons. The van der Waals surface area contributed by atoms with Gasteiger partial charge >= 0.3 is 7.48 Å². The number of ether oxygens (including phenoxy) is 2. The second-order valence-electron chi connectivity index (χ2n) is 7.43. The van der Waals surface area contributed by atoms with E-state index in [9.17, 15) is 10.2 Å². The van der Waals surface area contributed by atoms with Crippen molar-refractivity contribution in [2.24, 2.45) is 0 Å². The monoisotopic (exact) mass is 324 g/mol. The summed E-state index contributed by atoms with van der Waals surface area (Å²) in [5, 5.41) is 19.9. The van der Waals surface area contributed by atoms with Crippen LogP contribution in [0.3, 0.4) is 0 Å². The number of hydrogen-bond acceptors (Lipinski definition) is 5. The van der Waals surface area contributed by atoms with Gasteiger partial charge in [-0.3, -0.25) is 0 Å². The molecule has 0 atom stereocenters. The van der Waals surface area contributed by atoms with E-state index in [-0.39, 0.29) is 14.1 Å². The van der Waals surface area contributed by atoms with Crippen LogP contribution in [-0.2, 0) is 4.65 Å². The molecule has 0 aromatic heterocycles. The molecule has 1 aromatic rings. The minimum absolute atomic E-state index is 0.189. The summed E-state index contributed by atoms with van der Waals surface area (Å²) in [4.78, 5) is 0. The van der Waals surface area contributed by atoms with Gasteiger partial charge in [0.25, 0.3) is 0 Å². The van der Waals surface area contributed by atoms with Crippen LogP contribution < -0.4 is 14.9 Å². The predicted octanol–water partition coefficient (Wildman–Crippen LogP) is 1.39. The molecule has 1 rings (SSSR count). The number of hydrogen-bond donors (Lipinski definition) is 2. The molecule has 5 nitrogen and oxygen atoms in total. The van der Waals surface area contributed by atoms with E-state index in [0.29, 0.717) is 11.5 Å². The summed E-state index contributed by atoms with van der Waals surface area (Å²) in [6, 6.07) is 5.41. The van der Waals surface area contributed by atoms with E-state index in [4.69, 9.17) is 14.1 Å². The summed E-state index contributed by atoms with van der Waals surface area (Å²) in [6.45, 7) is 10.7. The summed E-state index contributed by atoms with van der Waals surface area (Å²) < 4.78 is 16.8. The number of benzene rings is 1. The van der Waals surface area contributed by atoms with Crippen LogP contribution in [0, 0.1) is 0 Å². The van der Waals surface area contributed by atoms with Gasteiger partial charge in [0.15, 0.2) is 0 Å². The van der Waals surface area contributed by atoms with Gasteiger partial charge in [-0.1, -0.05) is 0 Å². The molecule has 0 aliphatic heterocycles. The highest BCUT2D eigenvalue weighted by atomic mass is 16.5. The lowest BCUT2D eigenvalue weighted by Gasteiger charge is -2.37. The second kappa shape index (κ2) is 7.12. The molecule has 2 N–H and O–H groups in total. The van der Waals surface area contributed by atoms with Gasteiger partial charge in [-0.15, -0.1) is 0 Å². The van der Waals surface area contributed by atoms with Gasteiger partial charge < -0.3 is 24.3 Å². The van der Waals surface area contributed by atoms with Gasteiger partial charge in [0.1, 0.15) is 18.1 Å². The Morgan fingerprint density at radius 3 is 2.13 bits per heavy atom. The summed E-state index contributed by atoms with van der Waals surface area (Å²) in [5.74, 6) is 1.32. The third-order valence-corrected chi connectivity index (χ3v) is 3.91. The van der Waals surface area contributed by atoms with Crippen molar-refractivity contribution in [3.8, 4) is 11.5 Å². The van der Waals surface area contributed by atoms with E-state index in [2.05, 4.69) is 0 Å².